The molecule has 0 radical (unpaired) electrons. The second kappa shape index (κ2) is 4.14. The van der Waals surface area contributed by atoms with Crippen LogP contribution in [0.1, 0.15) is 5.69 Å². The van der Waals surface area contributed by atoms with Crippen molar-refractivity contribution >= 4 is 15.9 Å². The van der Waals surface area contributed by atoms with Crippen molar-refractivity contribution in [1.82, 2.24) is 4.98 Å². The summed E-state index contributed by atoms with van der Waals surface area (Å²) in [5.74, 6) is -0.527. The number of halogens is 4. The van der Waals surface area contributed by atoms with E-state index in [9.17, 15) is 13.2 Å². The van der Waals surface area contributed by atoms with Crippen molar-refractivity contribution in [3.63, 3.8) is 0 Å². The molecule has 7 heteroatoms. The molecule has 0 aliphatic heterocycles. The Morgan fingerprint density at radius 3 is 2.57 bits per heavy atom. The van der Waals surface area contributed by atoms with Gasteiger partial charge in [0.1, 0.15) is 0 Å². The third-order valence-electron chi connectivity index (χ3n) is 1.29. The van der Waals surface area contributed by atoms with Gasteiger partial charge >= 0.3 is 6.36 Å². The van der Waals surface area contributed by atoms with Crippen LogP contribution < -0.4 is 10.5 Å². The third kappa shape index (κ3) is 3.15. The zero-order valence-electron chi connectivity index (χ0n) is 6.81. The highest BCUT2D eigenvalue weighted by molar-refractivity contribution is 9.10. The van der Waals surface area contributed by atoms with Crippen LogP contribution in [0.15, 0.2) is 16.6 Å². The van der Waals surface area contributed by atoms with Crippen LogP contribution >= 0.6 is 15.9 Å². The Kier molecular flexibility index (Phi) is 3.33. The first-order valence-electron chi connectivity index (χ1n) is 3.53. The lowest BCUT2D eigenvalue weighted by Crippen LogP contribution is -2.18. The normalized spacial score (nSPS) is 11.5. The maximum Gasteiger partial charge on any atom is 0.574 e. The average molecular weight is 271 g/mol. The summed E-state index contributed by atoms with van der Waals surface area (Å²) in [7, 11) is 0. The maximum atomic E-state index is 11.8. The average Bonchev–Trinajstić information content (AvgIpc) is 2.06. The third-order valence-corrected chi connectivity index (χ3v) is 1.90. The molecule has 0 atom stereocenters. The quantitative estimate of drug-likeness (QED) is 0.897. The second-order valence-corrected chi connectivity index (χ2v) is 3.20. The fourth-order valence-electron chi connectivity index (χ4n) is 0.757. The van der Waals surface area contributed by atoms with Gasteiger partial charge in [-0.15, -0.1) is 13.2 Å². The molecule has 0 spiro atoms. The van der Waals surface area contributed by atoms with Gasteiger partial charge in [0.2, 0.25) is 5.88 Å². The number of hydrogen-bond donors (Lipinski definition) is 1. The minimum atomic E-state index is -4.75. The first-order valence-corrected chi connectivity index (χ1v) is 4.33. The SMILES string of the molecule is NCc1ccc(Br)c(OC(F)(F)F)n1. The highest BCUT2D eigenvalue weighted by Crippen LogP contribution is 2.28. The molecule has 2 N–H and O–H groups in total. The van der Waals surface area contributed by atoms with E-state index in [0.29, 0.717) is 5.69 Å². The van der Waals surface area contributed by atoms with Gasteiger partial charge < -0.3 is 10.5 Å². The van der Waals surface area contributed by atoms with E-state index in [1.54, 1.807) is 0 Å². The number of rotatable bonds is 2. The van der Waals surface area contributed by atoms with E-state index < -0.39 is 12.2 Å². The Morgan fingerprint density at radius 1 is 1.43 bits per heavy atom. The number of hydrogen-bond acceptors (Lipinski definition) is 3. The predicted molar refractivity (Wildman–Crippen MR) is 46.5 cm³/mol. The number of aromatic nitrogens is 1. The van der Waals surface area contributed by atoms with Gasteiger partial charge in [-0.3, -0.25) is 0 Å². The molecule has 0 aliphatic rings. The molecule has 14 heavy (non-hydrogen) atoms. The molecule has 1 aromatic rings. The molecule has 0 fully saturated rings. The number of ether oxygens (including phenoxy) is 1. The van der Waals surface area contributed by atoms with Crippen molar-refractivity contribution < 1.29 is 17.9 Å². The number of alkyl halides is 3. The van der Waals surface area contributed by atoms with E-state index in [-0.39, 0.29) is 11.0 Å². The van der Waals surface area contributed by atoms with E-state index in [1.807, 2.05) is 0 Å². The summed E-state index contributed by atoms with van der Waals surface area (Å²) in [6.45, 7) is 0.0570. The smallest absolute Gasteiger partial charge is 0.387 e. The Labute approximate surface area is 86.2 Å². The van der Waals surface area contributed by atoms with Gasteiger partial charge in [-0.05, 0) is 28.1 Å². The molecule has 0 saturated carbocycles. The molecular weight excluding hydrogens is 265 g/mol. The molecule has 0 amide bonds. The van der Waals surface area contributed by atoms with Crippen LogP contribution in [-0.4, -0.2) is 11.3 Å². The molecule has 0 unspecified atom stereocenters. The minimum Gasteiger partial charge on any atom is -0.387 e. The summed E-state index contributed by atoms with van der Waals surface area (Å²) < 4.78 is 39.3. The molecule has 0 aliphatic carbocycles. The summed E-state index contributed by atoms with van der Waals surface area (Å²) in [5, 5.41) is 0. The monoisotopic (exact) mass is 270 g/mol. The molecule has 3 nitrogen and oxygen atoms in total. The minimum absolute atomic E-state index is 0.0570. The van der Waals surface area contributed by atoms with Crippen LogP contribution in [-0.2, 0) is 6.54 Å². The zero-order valence-corrected chi connectivity index (χ0v) is 8.39. The molecule has 1 rings (SSSR count). The highest BCUT2D eigenvalue weighted by atomic mass is 79.9. The highest BCUT2D eigenvalue weighted by Gasteiger charge is 2.32. The lowest BCUT2D eigenvalue weighted by molar-refractivity contribution is -0.276. The van der Waals surface area contributed by atoms with Crippen molar-refractivity contribution in [1.29, 1.82) is 0 Å². The number of pyridine rings is 1. The van der Waals surface area contributed by atoms with Gasteiger partial charge in [0.05, 0.1) is 10.2 Å². The standard InChI is InChI=1S/C7H6BrF3N2O/c8-5-2-1-4(3-12)13-6(5)14-7(9,10)11/h1-2H,3,12H2. The maximum absolute atomic E-state index is 11.8. The zero-order chi connectivity index (χ0) is 10.8. The van der Waals surface area contributed by atoms with Gasteiger partial charge in [-0.25, -0.2) is 4.98 Å². The molecule has 0 bridgehead atoms. The van der Waals surface area contributed by atoms with Crippen molar-refractivity contribution in [2.75, 3.05) is 0 Å². The summed E-state index contributed by atoms with van der Waals surface area (Å²) in [6, 6.07) is 2.91. The Bertz CT molecular complexity index is 329. The van der Waals surface area contributed by atoms with Gasteiger partial charge in [0.25, 0.3) is 0 Å². The van der Waals surface area contributed by atoms with Crippen molar-refractivity contribution in [2.24, 2.45) is 5.73 Å². The van der Waals surface area contributed by atoms with Gasteiger partial charge in [0.15, 0.2) is 0 Å². The van der Waals surface area contributed by atoms with Crippen LogP contribution in [0, 0.1) is 0 Å². The van der Waals surface area contributed by atoms with E-state index in [2.05, 4.69) is 25.7 Å². The van der Waals surface area contributed by atoms with Crippen LogP contribution in [0.2, 0.25) is 0 Å². The van der Waals surface area contributed by atoms with E-state index in [0.717, 1.165) is 0 Å². The Morgan fingerprint density at radius 2 is 2.07 bits per heavy atom. The van der Waals surface area contributed by atoms with Gasteiger partial charge in [-0.2, -0.15) is 0 Å². The van der Waals surface area contributed by atoms with E-state index >= 15 is 0 Å². The van der Waals surface area contributed by atoms with E-state index in [4.69, 9.17) is 5.73 Å². The first kappa shape index (κ1) is 11.3. The molecule has 0 aromatic carbocycles. The topological polar surface area (TPSA) is 48.1 Å². The van der Waals surface area contributed by atoms with Gasteiger partial charge in [0, 0.05) is 6.54 Å². The summed E-state index contributed by atoms with van der Waals surface area (Å²) in [4.78, 5) is 3.56. The Hall–Kier alpha value is -0.820. The Balaban J connectivity index is 2.95. The molecule has 0 saturated heterocycles. The molecular formula is C7H6BrF3N2O. The van der Waals surface area contributed by atoms with Crippen molar-refractivity contribution in [3.8, 4) is 5.88 Å². The fraction of sp³-hybridized carbons (Fsp3) is 0.286. The number of nitrogens with zero attached hydrogens (tertiary/aromatic N) is 1. The molecule has 1 heterocycles. The fourth-order valence-corrected chi connectivity index (χ4v) is 1.06. The molecule has 1 aromatic heterocycles. The predicted octanol–water partition coefficient (Wildman–Crippen LogP) is 2.20. The second-order valence-electron chi connectivity index (χ2n) is 2.34. The number of nitrogens with two attached hydrogens (primary N) is 1. The van der Waals surface area contributed by atoms with Crippen LogP contribution in [0.25, 0.3) is 0 Å². The van der Waals surface area contributed by atoms with E-state index in [1.165, 1.54) is 12.1 Å². The van der Waals surface area contributed by atoms with Crippen molar-refractivity contribution in [2.45, 2.75) is 12.9 Å². The van der Waals surface area contributed by atoms with Gasteiger partial charge in [-0.1, -0.05) is 0 Å². The summed E-state index contributed by atoms with van der Waals surface area (Å²) >= 11 is 2.88. The summed E-state index contributed by atoms with van der Waals surface area (Å²) in [5.41, 5.74) is 5.54. The van der Waals surface area contributed by atoms with Crippen LogP contribution in [0.5, 0.6) is 5.88 Å². The van der Waals surface area contributed by atoms with Crippen molar-refractivity contribution in [3.05, 3.63) is 22.3 Å². The largest absolute Gasteiger partial charge is 0.574 e. The van der Waals surface area contributed by atoms with Crippen LogP contribution in [0.3, 0.4) is 0 Å². The first-order chi connectivity index (χ1) is 6.42. The lowest BCUT2D eigenvalue weighted by Gasteiger charge is -2.09. The summed E-state index contributed by atoms with van der Waals surface area (Å²) in [6.07, 6.45) is -4.75. The molecule has 78 valence electrons. The lowest BCUT2D eigenvalue weighted by atomic mass is 10.3. The van der Waals surface area contributed by atoms with Crippen LogP contribution in [0.4, 0.5) is 13.2 Å².